The molecular weight excluding hydrogens is 324 g/mol. The van der Waals surface area contributed by atoms with Crippen molar-refractivity contribution in [1.82, 2.24) is 4.90 Å². The smallest absolute Gasteiger partial charge is 0.415 e. The molecule has 4 rings (SSSR count). The molecule has 1 aromatic carbocycles. The van der Waals surface area contributed by atoms with E-state index >= 15 is 0 Å². The van der Waals surface area contributed by atoms with E-state index < -0.39 is 5.60 Å². The Morgan fingerprint density at radius 3 is 2.35 bits per heavy atom. The Bertz CT molecular complexity index is 641. The van der Waals surface area contributed by atoms with Crippen LogP contribution in [-0.2, 0) is 10.3 Å². The van der Waals surface area contributed by atoms with Crippen LogP contribution in [0.15, 0.2) is 24.3 Å². The number of hydrogen-bond acceptors (Lipinski definition) is 3. The van der Waals surface area contributed by atoms with E-state index in [0.29, 0.717) is 0 Å². The van der Waals surface area contributed by atoms with Crippen molar-refractivity contribution in [3.8, 4) is 0 Å². The van der Waals surface area contributed by atoms with Gasteiger partial charge in [-0.1, -0.05) is 43.9 Å². The highest BCUT2D eigenvalue weighted by Crippen LogP contribution is 2.46. The first-order valence-corrected chi connectivity index (χ1v) is 10.5. The molecule has 4 nitrogen and oxygen atoms in total. The zero-order valence-corrected chi connectivity index (χ0v) is 16.2. The van der Waals surface area contributed by atoms with Gasteiger partial charge in [-0.25, -0.2) is 4.79 Å². The fourth-order valence-electron chi connectivity index (χ4n) is 5.17. The zero-order valence-electron chi connectivity index (χ0n) is 16.2. The van der Waals surface area contributed by atoms with Crippen LogP contribution in [0, 0.1) is 0 Å². The van der Waals surface area contributed by atoms with E-state index in [1.54, 1.807) is 4.90 Å². The molecule has 0 unspecified atom stereocenters. The Morgan fingerprint density at radius 1 is 1.04 bits per heavy atom. The molecule has 4 heteroatoms. The van der Waals surface area contributed by atoms with Crippen molar-refractivity contribution in [2.75, 3.05) is 18.0 Å². The van der Waals surface area contributed by atoms with Crippen molar-refractivity contribution in [3.05, 3.63) is 29.8 Å². The van der Waals surface area contributed by atoms with E-state index in [0.717, 1.165) is 37.7 Å². The third kappa shape index (κ3) is 3.13. The van der Waals surface area contributed by atoms with Crippen LogP contribution in [0.4, 0.5) is 10.5 Å². The lowest BCUT2D eigenvalue weighted by Crippen LogP contribution is -2.54. The predicted molar refractivity (Wildman–Crippen MR) is 105 cm³/mol. The summed E-state index contributed by atoms with van der Waals surface area (Å²) in [7, 11) is 0. The summed E-state index contributed by atoms with van der Waals surface area (Å²) in [5.41, 5.74) is 1.82. The number of rotatable bonds is 2. The molecule has 0 radical (unpaired) electrons. The lowest BCUT2D eigenvalue weighted by molar-refractivity contribution is -0.0512. The molecule has 1 saturated carbocycles. The van der Waals surface area contributed by atoms with Gasteiger partial charge in [-0.2, -0.15) is 0 Å². The minimum Gasteiger partial charge on any atom is -0.437 e. The standard InChI is InChI=1S/C22H32N2O2/c1-17(2)24-20-12-8-7-11-19(20)22(26-21(24)25)13-15-23(16-14-22)18-9-5-3-4-6-10-18/h7-8,11-12,17-18H,3-6,9-10,13-16H2,1-2H3. The van der Waals surface area contributed by atoms with Gasteiger partial charge in [0.25, 0.3) is 0 Å². The first kappa shape index (κ1) is 17.8. The fourth-order valence-corrected chi connectivity index (χ4v) is 5.17. The molecule has 3 aliphatic rings. The molecule has 26 heavy (non-hydrogen) atoms. The molecule has 0 aromatic heterocycles. The second-order valence-corrected chi connectivity index (χ2v) is 8.52. The van der Waals surface area contributed by atoms with Gasteiger partial charge in [0.15, 0.2) is 0 Å². The van der Waals surface area contributed by atoms with Crippen LogP contribution in [0.2, 0.25) is 0 Å². The molecule has 2 fully saturated rings. The highest BCUT2D eigenvalue weighted by atomic mass is 16.6. The minimum atomic E-state index is -0.430. The number of nitrogens with zero attached hydrogens (tertiary/aromatic N) is 2. The van der Waals surface area contributed by atoms with Gasteiger partial charge in [-0.3, -0.25) is 4.90 Å². The van der Waals surface area contributed by atoms with Crippen LogP contribution >= 0.6 is 0 Å². The molecule has 0 bridgehead atoms. The zero-order chi connectivity index (χ0) is 18.1. The minimum absolute atomic E-state index is 0.104. The van der Waals surface area contributed by atoms with Gasteiger partial charge in [0, 0.05) is 43.6 Å². The molecule has 2 heterocycles. The van der Waals surface area contributed by atoms with Crippen LogP contribution in [0.3, 0.4) is 0 Å². The molecule has 0 atom stereocenters. The molecule has 1 spiro atoms. The fraction of sp³-hybridized carbons (Fsp3) is 0.682. The number of ether oxygens (including phenoxy) is 1. The van der Waals surface area contributed by atoms with E-state index in [1.807, 2.05) is 19.9 Å². The molecule has 1 saturated heterocycles. The molecular formula is C22H32N2O2. The summed E-state index contributed by atoms with van der Waals surface area (Å²) in [5, 5.41) is 0. The largest absolute Gasteiger partial charge is 0.437 e. The number of carbonyl (C=O) groups is 1. The number of piperidine rings is 1. The van der Waals surface area contributed by atoms with Crippen molar-refractivity contribution < 1.29 is 9.53 Å². The third-order valence-electron chi connectivity index (χ3n) is 6.60. The first-order valence-electron chi connectivity index (χ1n) is 10.5. The maximum Gasteiger partial charge on any atom is 0.415 e. The topological polar surface area (TPSA) is 32.8 Å². The maximum absolute atomic E-state index is 12.8. The van der Waals surface area contributed by atoms with Crippen LogP contribution < -0.4 is 4.90 Å². The second-order valence-electron chi connectivity index (χ2n) is 8.52. The van der Waals surface area contributed by atoms with Gasteiger partial charge in [0.1, 0.15) is 5.60 Å². The quantitative estimate of drug-likeness (QED) is 0.694. The van der Waals surface area contributed by atoms with Gasteiger partial charge < -0.3 is 9.64 Å². The second kappa shape index (κ2) is 7.22. The van der Waals surface area contributed by atoms with Crippen LogP contribution in [-0.4, -0.2) is 36.2 Å². The lowest BCUT2D eigenvalue weighted by Gasteiger charge is -2.48. The molecule has 1 aliphatic carbocycles. The van der Waals surface area contributed by atoms with Crippen molar-refractivity contribution in [2.24, 2.45) is 0 Å². The third-order valence-corrected chi connectivity index (χ3v) is 6.60. The number of anilines is 1. The predicted octanol–water partition coefficient (Wildman–Crippen LogP) is 5.07. The number of benzene rings is 1. The van der Waals surface area contributed by atoms with E-state index in [4.69, 9.17) is 4.74 Å². The van der Waals surface area contributed by atoms with Crippen molar-refractivity contribution in [2.45, 2.75) is 82.9 Å². The van der Waals surface area contributed by atoms with E-state index in [9.17, 15) is 4.79 Å². The number of fused-ring (bicyclic) bond motifs is 2. The van der Waals surface area contributed by atoms with Gasteiger partial charge in [-0.05, 0) is 32.8 Å². The van der Waals surface area contributed by atoms with E-state index in [-0.39, 0.29) is 12.1 Å². The maximum atomic E-state index is 12.8. The number of carbonyl (C=O) groups excluding carboxylic acids is 1. The summed E-state index contributed by atoms with van der Waals surface area (Å²) < 4.78 is 6.14. The van der Waals surface area contributed by atoms with Crippen molar-refractivity contribution in [1.29, 1.82) is 0 Å². The number of para-hydroxylation sites is 1. The summed E-state index contributed by atoms with van der Waals surface area (Å²) in [5.74, 6) is 0. The monoisotopic (exact) mass is 356 g/mol. The van der Waals surface area contributed by atoms with Gasteiger partial charge in [-0.15, -0.1) is 0 Å². The molecule has 142 valence electrons. The van der Waals surface area contributed by atoms with Crippen molar-refractivity contribution >= 4 is 11.8 Å². The number of hydrogen-bond donors (Lipinski definition) is 0. The summed E-state index contributed by atoms with van der Waals surface area (Å²) in [6, 6.07) is 9.19. The number of likely N-dealkylation sites (tertiary alicyclic amines) is 1. The first-order chi connectivity index (χ1) is 12.6. The Labute approximate surface area is 157 Å². The van der Waals surface area contributed by atoms with Crippen molar-refractivity contribution in [3.63, 3.8) is 0 Å². The molecule has 1 amide bonds. The van der Waals surface area contributed by atoms with Crippen LogP contribution in [0.25, 0.3) is 0 Å². The van der Waals surface area contributed by atoms with Crippen LogP contribution in [0.5, 0.6) is 0 Å². The van der Waals surface area contributed by atoms with Gasteiger partial charge in [0.2, 0.25) is 0 Å². The average Bonchev–Trinajstić information content (AvgIpc) is 2.91. The highest BCUT2D eigenvalue weighted by molar-refractivity contribution is 5.92. The van der Waals surface area contributed by atoms with E-state index in [1.165, 1.54) is 44.1 Å². The average molecular weight is 357 g/mol. The molecule has 1 aromatic rings. The normalized spacial score (nSPS) is 24.4. The summed E-state index contributed by atoms with van der Waals surface area (Å²) >= 11 is 0. The Hall–Kier alpha value is -1.55. The SMILES string of the molecule is CC(C)N1C(=O)OC2(CCN(C3CCCCCC3)CC2)c2ccccc21. The molecule has 0 N–H and O–H groups in total. The Kier molecular flexibility index (Phi) is 4.96. The van der Waals surface area contributed by atoms with Gasteiger partial charge >= 0.3 is 6.09 Å². The van der Waals surface area contributed by atoms with Gasteiger partial charge in [0.05, 0.1) is 5.69 Å². The molecule has 2 aliphatic heterocycles. The van der Waals surface area contributed by atoms with Crippen LogP contribution in [0.1, 0.15) is 70.8 Å². The summed E-state index contributed by atoms with van der Waals surface area (Å²) in [4.78, 5) is 17.3. The Balaban J connectivity index is 1.56. The number of amides is 1. The lowest BCUT2D eigenvalue weighted by atomic mass is 9.81. The Morgan fingerprint density at radius 2 is 1.69 bits per heavy atom. The summed E-state index contributed by atoms with van der Waals surface area (Å²) in [6.45, 7) is 6.16. The van der Waals surface area contributed by atoms with E-state index in [2.05, 4.69) is 23.1 Å². The highest BCUT2D eigenvalue weighted by Gasteiger charge is 2.47. The summed E-state index contributed by atoms with van der Waals surface area (Å²) in [6.07, 6.45) is 9.85.